The number of pyridine rings is 1. The summed E-state index contributed by atoms with van der Waals surface area (Å²) in [6, 6.07) is 14.9. The van der Waals surface area contributed by atoms with Gasteiger partial charge in [0.1, 0.15) is 11.5 Å². The highest BCUT2D eigenvalue weighted by molar-refractivity contribution is 6.30. The molecule has 244 valence electrons. The minimum Gasteiger partial charge on any atom is -0.443 e. The van der Waals surface area contributed by atoms with E-state index in [9.17, 15) is 13.2 Å². The zero-order valence-corrected chi connectivity index (χ0v) is 26.1. The van der Waals surface area contributed by atoms with Crippen LogP contribution >= 0.6 is 11.6 Å². The minimum atomic E-state index is -4.71. The Balaban J connectivity index is 0.996. The number of likely N-dealkylation sites (tertiary alicyclic amines) is 1. The van der Waals surface area contributed by atoms with Gasteiger partial charge in [0, 0.05) is 30.9 Å². The quantitative estimate of drug-likeness (QED) is 0.182. The first kappa shape index (κ1) is 30.2. The molecule has 2 atom stereocenters. The molecule has 3 aromatic heterocycles. The summed E-state index contributed by atoms with van der Waals surface area (Å²) in [5.74, 6) is 0.0586. The summed E-state index contributed by atoms with van der Waals surface area (Å²) in [5, 5.41) is 4.08. The van der Waals surface area contributed by atoms with Gasteiger partial charge in [-0.1, -0.05) is 28.9 Å². The maximum atomic E-state index is 13.0. The molecule has 0 N–H and O–H groups in total. The van der Waals surface area contributed by atoms with E-state index in [4.69, 9.17) is 30.8 Å². The molecule has 2 saturated heterocycles. The van der Waals surface area contributed by atoms with Crippen molar-refractivity contribution in [2.24, 2.45) is 0 Å². The topological polar surface area (TPSA) is 101 Å². The van der Waals surface area contributed by atoms with Crippen LogP contribution in [0.2, 0.25) is 5.02 Å². The number of piperidine rings is 1. The summed E-state index contributed by atoms with van der Waals surface area (Å²) in [7, 11) is 0. The molecule has 0 amide bonds. The fourth-order valence-corrected chi connectivity index (χ4v) is 6.66. The fourth-order valence-electron chi connectivity index (χ4n) is 6.55. The van der Waals surface area contributed by atoms with E-state index in [-0.39, 0.29) is 17.8 Å². The van der Waals surface area contributed by atoms with Crippen molar-refractivity contribution in [3.8, 4) is 22.9 Å². The average molecular weight is 667 g/mol. The van der Waals surface area contributed by atoms with Crippen molar-refractivity contribution in [1.29, 1.82) is 0 Å². The molecular weight excluding hydrogens is 637 g/mol. The van der Waals surface area contributed by atoms with Gasteiger partial charge in [-0.05, 0) is 74.7 Å². The van der Waals surface area contributed by atoms with Crippen LogP contribution in [0.3, 0.4) is 0 Å². The van der Waals surface area contributed by atoms with E-state index >= 15 is 0 Å². The summed E-state index contributed by atoms with van der Waals surface area (Å²) >= 11 is 6.05. The lowest BCUT2D eigenvalue weighted by molar-refractivity contribution is -0.159. The van der Waals surface area contributed by atoms with Crippen LogP contribution in [-0.4, -0.2) is 55.4 Å². The van der Waals surface area contributed by atoms with Crippen LogP contribution in [-0.2, 0) is 29.8 Å². The Morgan fingerprint density at radius 2 is 1.85 bits per heavy atom. The normalized spacial score (nSPS) is 21.8. The van der Waals surface area contributed by atoms with Crippen molar-refractivity contribution in [3.05, 3.63) is 82.7 Å². The number of alkyl halides is 3. The highest BCUT2D eigenvalue weighted by Crippen LogP contribution is 2.49. The van der Waals surface area contributed by atoms with Crippen molar-refractivity contribution in [3.63, 3.8) is 0 Å². The molecule has 10 nitrogen and oxygen atoms in total. The van der Waals surface area contributed by atoms with Crippen molar-refractivity contribution < 1.29 is 31.9 Å². The second-order valence-corrected chi connectivity index (χ2v) is 12.7. The SMILES string of the molecule is CC1(c2ccc(Cl)cn2)Oc2cccc(C3CCN(Cc4nc5cc(-c6noc(C(F)(F)F)n6)ccc5n4C[C@@H]4CCO4)CC3)c2O1. The van der Waals surface area contributed by atoms with Crippen LogP contribution in [0.5, 0.6) is 11.5 Å². The van der Waals surface area contributed by atoms with Gasteiger partial charge in [-0.15, -0.1) is 0 Å². The average Bonchev–Trinajstić information content (AvgIpc) is 3.75. The molecule has 6 heterocycles. The van der Waals surface area contributed by atoms with Crippen molar-refractivity contribution in [2.75, 3.05) is 19.7 Å². The van der Waals surface area contributed by atoms with E-state index in [0.717, 1.165) is 61.6 Å². The molecule has 3 aliphatic heterocycles. The summed E-state index contributed by atoms with van der Waals surface area (Å²) in [5.41, 5.74) is 3.70. The molecule has 0 spiro atoms. The molecule has 0 saturated carbocycles. The van der Waals surface area contributed by atoms with Gasteiger partial charge < -0.3 is 23.3 Å². The second-order valence-electron chi connectivity index (χ2n) is 12.3. The van der Waals surface area contributed by atoms with Crippen LogP contribution in [0.1, 0.15) is 55.1 Å². The maximum absolute atomic E-state index is 13.0. The Labute approximate surface area is 272 Å². The number of imidazole rings is 1. The molecule has 5 aromatic rings. The number of aromatic nitrogens is 5. The molecule has 0 bridgehead atoms. The van der Waals surface area contributed by atoms with Crippen molar-refractivity contribution in [1.82, 2.24) is 29.6 Å². The van der Waals surface area contributed by atoms with Gasteiger partial charge in [0.15, 0.2) is 11.5 Å². The van der Waals surface area contributed by atoms with E-state index in [0.29, 0.717) is 40.6 Å². The standard InChI is InChI=1S/C33H30ClF3N6O4/c1-32(27-8-6-21(34)16-38-27)45-26-4-2-3-23(29(26)46-32)19-9-12-42(13-10-19)18-28-39-24-15-20(30-40-31(47-41-30)33(35,36)37)5-7-25(24)43(28)17-22-11-14-44-22/h2-8,15-16,19,22H,9-14,17-18H2,1H3/t22-,32?/m0/s1. The van der Waals surface area contributed by atoms with Gasteiger partial charge in [-0.2, -0.15) is 18.2 Å². The van der Waals surface area contributed by atoms with Crippen LogP contribution < -0.4 is 9.47 Å². The number of para-hydroxylation sites is 1. The van der Waals surface area contributed by atoms with Gasteiger partial charge >= 0.3 is 12.1 Å². The van der Waals surface area contributed by atoms with Gasteiger partial charge in [0.05, 0.1) is 35.2 Å². The first-order chi connectivity index (χ1) is 22.6. The lowest BCUT2D eigenvalue weighted by Gasteiger charge is -2.33. The Morgan fingerprint density at radius 3 is 2.55 bits per heavy atom. The number of hydrogen-bond acceptors (Lipinski definition) is 9. The Hall–Kier alpha value is -4.20. The smallest absolute Gasteiger partial charge is 0.443 e. The Kier molecular flexibility index (Phi) is 7.38. The molecule has 47 heavy (non-hydrogen) atoms. The lowest BCUT2D eigenvalue weighted by atomic mass is 9.88. The summed E-state index contributed by atoms with van der Waals surface area (Å²) in [6.07, 6.45) is -0.221. The van der Waals surface area contributed by atoms with Crippen LogP contribution in [0.15, 0.2) is 59.3 Å². The van der Waals surface area contributed by atoms with E-state index in [1.165, 1.54) is 0 Å². The van der Waals surface area contributed by atoms with Crippen LogP contribution in [0.25, 0.3) is 22.4 Å². The Morgan fingerprint density at radius 1 is 1.02 bits per heavy atom. The van der Waals surface area contributed by atoms with E-state index in [2.05, 4.69) is 35.2 Å². The van der Waals surface area contributed by atoms with E-state index in [1.54, 1.807) is 24.4 Å². The molecule has 3 aliphatic rings. The molecule has 2 aromatic carbocycles. The largest absolute Gasteiger partial charge is 0.471 e. The molecule has 0 aliphatic carbocycles. The zero-order valence-electron chi connectivity index (χ0n) is 25.3. The monoisotopic (exact) mass is 666 g/mol. The first-order valence-corrected chi connectivity index (χ1v) is 15.9. The summed E-state index contributed by atoms with van der Waals surface area (Å²) in [6.45, 7) is 5.57. The number of halogens is 4. The number of hydrogen-bond donors (Lipinski definition) is 0. The third-order valence-electron chi connectivity index (χ3n) is 9.13. The van der Waals surface area contributed by atoms with Gasteiger partial charge in [0.2, 0.25) is 5.82 Å². The molecule has 1 unspecified atom stereocenters. The predicted molar refractivity (Wildman–Crippen MR) is 164 cm³/mol. The van der Waals surface area contributed by atoms with Gasteiger partial charge in [-0.25, -0.2) is 4.98 Å². The molecule has 2 fully saturated rings. The highest BCUT2D eigenvalue weighted by Gasteiger charge is 2.42. The second kappa shape index (κ2) is 11.5. The number of nitrogens with zero attached hydrogens (tertiary/aromatic N) is 6. The van der Waals surface area contributed by atoms with Crippen LogP contribution in [0, 0.1) is 0 Å². The maximum Gasteiger partial charge on any atom is 0.471 e. The van der Waals surface area contributed by atoms with Crippen molar-refractivity contribution in [2.45, 2.75) is 63.3 Å². The zero-order chi connectivity index (χ0) is 32.3. The summed E-state index contributed by atoms with van der Waals surface area (Å²) < 4.78 is 64.2. The molecule has 0 radical (unpaired) electrons. The fraction of sp³-hybridized carbons (Fsp3) is 0.394. The highest BCUT2D eigenvalue weighted by atomic mass is 35.5. The lowest BCUT2D eigenvalue weighted by Crippen LogP contribution is -2.35. The predicted octanol–water partition coefficient (Wildman–Crippen LogP) is 6.97. The molecular formula is C33H30ClF3N6O4. The number of ether oxygens (including phenoxy) is 3. The third-order valence-corrected chi connectivity index (χ3v) is 9.35. The first-order valence-electron chi connectivity index (χ1n) is 15.5. The Bertz CT molecular complexity index is 1940. The molecule has 8 rings (SSSR count). The van der Waals surface area contributed by atoms with E-state index in [1.807, 2.05) is 31.2 Å². The molecule has 14 heteroatoms. The number of rotatable bonds is 7. The minimum absolute atomic E-state index is 0.0965. The van der Waals surface area contributed by atoms with E-state index < -0.39 is 17.9 Å². The summed E-state index contributed by atoms with van der Waals surface area (Å²) in [4.78, 5) is 15.3. The van der Waals surface area contributed by atoms with Crippen LogP contribution in [0.4, 0.5) is 13.2 Å². The number of benzene rings is 2. The van der Waals surface area contributed by atoms with Gasteiger partial charge in [-0.3, -0.25) is 9.88 Å². The van der Waals surface area contributed by atoms with Gasteiger partial charge in [0.25, 0.3) is 5.79 Å². The third kappa shape index (κ3) is 5.70. The van der Waals surface area contributed by atoms with Crippen molar-refractivity contribution >= 4 is 22.6 Å². The number of fused-ring (bicyclic) bond motifs is 2.